The summed E-state index contributed by atoms with van der Waals surface area (Å²) in [5.74, 6) is 0.430. The molecule has 0 saturated carbocycles. The zero-order valence-electron chi connectivity index (χ0n) is 21.4. The number of phenols is 2. The normalized spacial score (nSPS) is 10.9. The van der Waals surface area contributed by atoms with E-state index < -0.39 is 0 Å². The van der Waals surface area contributed by atoms with E-state index in [2.05, 4.69) is 9.97 Å². The van der Waals surface area contributed by atoms with Crippen LogP contribution in [-0.2, 0) is 19.5 Å². The van der Waals surface area contributed by atoms with Crippen LogP contribution in [0.15, 0.2) is 121 Å². The summed E-state index contributed by atoms with van der Waals surface area (Å²) >= 11 is 0. The molecule has 186 valence electrons. The third-order valence-corrected chi connectivity index (χ3v) is 5.93. The molecule has 0 aliphatic carbocycles. The van der Waals surface area contributed by atoms with Crippen molar-refractivity contribution in [3.05, 3.63) is 144 Å². The molecule has 2 N–H and O–H groups in total. The molecule has 0 spiro atoms. The Bertz CT molecular complexity index is 1600. The van der Waals surface area contributed by atoms with Crippen LogP contribution in [-0.4, -0.2) is 20.2 Å². The summed E-state index contributed by atoms with van der Waals surface area (Å²) in [6.07, 6.45) is 7.91. The Kier molecular flexibility index (Phi) is 9.34. The molecule has 5 heteroatoms. The third-order valence-electron chi connectivity index (χ3n) is 5.93. The van der Waals surface area contributed by atoms with E-state index in [1.807, 2.05) is 133 Å². The molecule has 2 aromatic heterocycles. The summed E-state index contributed by atoms with van der Waals surface area (Å²) < 4.78 is 0. The molecule has 0 unspecified atom stereocenters. The Morgan fingerprint density at radius 3 is 1.23 bits per heavy atom. The average Bonchev–Trinajstić information content (AvgIpc) is 2.97. The van der Waals surface area contributed by atoms with Crippen LogP contribution in [0.2, 0.25) is 0 Å². The fraction of sp³-hybridized carbons (Fsp3) is 0. The Morgan fingerprint density at radius 2 is 0.821 bits per heavy atom. The number of hydrogen-bond donors (Lipinski definition) is 2. The van der Waals surface area contributed by atoms with Crippen molar-refractivity contribution in [3.63, 3.8) is 0 Å². The number of pyridine rings is 2. The van der Waals surface area contributed by atoms with Crippen molar-refractivity contribution in [1.82, 2.24) is 9.97 Å². The van der Waals surface area contributed by atoms with Gasteiger partial charge >= 0.3 is 0 Å². The molecule has 0 amide bonds. The summed E-state index contributed by atoms with van der Waals surface area (Å²) in [6.45, 7) is 0. The Labute approximate surface area is 240 Å². The molecular formula is C34H26N2O2Zn. The first-order valence-corrected chi connectivity index (χ1v) is 12.3. The standard InChI is InChI=1S/2C17H13NO.Zn/c2*19-16-8-4-7-14-10-12-15(18-17(14)16)11-9-13-5-2-1-3-6-13;/h2*1-12,19H;/b2*11-9+;. The van der Waals surface area contributed by atoms with Crippen molar-refractivity contribution in [1.29, 1.82) is 0 Å². The number of nitrogens with zero attached hydrogens (tertiary/aromatic N) is 2. The summed E-state index contributed by atoms with van der Waals surface area (Å²) in [5, 5.41) is 21.5. The number of rotatable bonds is 4. The van der Waals surface area contributed by atoms with Crippen LogP contribution in [0.1, 0.15) is 22.5 Å². The number of fused-ring (bicyclic) bond motifs is 2. The van der Waals surface area contributed by atoms with Gasteiger partial charge in [0.1, 0.15) is 22.5 Å². The zero-order valence-corrected chi connectivity index (χ0v) is 24.3. The number of para-hydroxylation sites is 2. The summed E-state index contributed by atoms with van der Waals surface area (Å²) in [7, 11) is 0. The quantitative estimate of drug-likeness (QED) is 0.214. The van der Waals surface area contributed by atoms with Crippen LogP contribution >= 0.6 is 0 Å². The van der Waals surface area contributed by atoms with Gasteiger partial charge in [0.05, 0.1) is 11.4 Å². The predicted molar refractivity (Wildman–Crippen MR) is 158 cm³/mol. The first-order valence-electron chi connectivity index (χ1n) is 12.3. The second-order valence-corrected chi connectivity index (χ2v) is 8.66. The summed E-state index contributed by atoms with van der Waals surface area (Å²) in [5.41, 5.74) is 5.19. The smallest absolute Gasteiger partial charge is 0.141 e. The van der Waals surface area contributed by atoms with Gasteiger partial charge in [0.2, 0.25) is 0 Å². The minimum atomic E-state index is 0. The van der Waals surface area contributed by atoms with E-state index in [4.69, 9.17) is 0 Å². The second kappa shape index (κ2) is 13.3. The number of benzene rings is 4. The third kappa shape index (κ3) is 7.25. The van der Waals surface area contributed by atoms with Gasteiger partial charge in [0, 0.05) is 30.3 Å². The van der Waals surface area contributed by atoms with Crippen LogP contribution in [0.25, 0.3) is 46.1 Å². The van der Waals surface area contributed by atoms with Gasteiger partial charge in [-0.25, -0.2) is 9.97 Å². The van der Waals surface area contributed by atoms with Crippen LogP contribution in [0.4, 0.5) is 0 Å². The predicted octanol–water partition coefficient (Wildman–Crippen LogP) is 8.22. The van der Waals surface area contributed by atoms with Crippen molar-refractivity contribution < 1.29 is 29.7 Å². The van der Waals surface area contributed by atoms with Gasteiger partial charge in [0.15, 0.2) is 0 Å². The molecule has 0 aliphatic rings. The maximum atomic E-state index is 9.79. The van der Waals surface area contributed by atoms with E-state index >= 15 is 0 Å². The second-order valence-electron chi connectivity index (χ2n) is 8.66. The van der Waals surface area contributed by atoms with E-state index in [-0.39, 0.29) is 31.0 Å². The molecule has 0 aliphatic heterocycles. The van der Waals surface area contributed by atoms with Gasteiger partial charge in [-0.1, -0.05) is 109 Å². The van der Waals surface area contributed by atoms with Gasteiger partial charge in [0.25, 0.3) is 0 Å². The maximum absolute atomic E-state index is 9.79. The van der Waals surface area contributed by atoms with Crippen molar-refractivity contribution in [2.75, 3.05) is 0 Å². The van der Waals surface area contributed by atoms with E-state index in [1.165, 1.54) is 0 Å². The molecule has 2 heterocycles. The van der Waals surface area contributed by atoms with Gasteiger partial charge in [-0.15, -0.1) is 0 Å². The fourth-order valence-electron chi connectivity index (χ4n) is 3.97. The van der Waals surface area contributed by atoms with Crippen molar-refractivity contribution >= 4 is 46.1 Å². The van der Waals surface area contributed by atoms with Gasteiger partial charge in [-0.3, -0.25) is 0 Å². The van der Waals surface area contributed by atoms with Crippen molar-refractivity contribution in [3.8, 4) is 11.5 Å². The number of aromatic hydroxyl groups is 2. The Morgan fingerprint density at radius 1 is 0.410 bits per heavy atom. The molecule has 0 saturated heterocycles. The van der Waals surface area contributed by atoms with E-state index in [0.29, 0.717) is 11.0 Å². The van der Waals surface area contributed by atoms with Crippen LogP contribution in [0.3, 0.4) is 0 Å². The monoisotopic (exact) mass is 558 g/mol. The van der Waals surface area contributed by atoms with E-state index in [9.17, 15) is 10.2 Å². The summed E-state index contributed by atoms with van der Waals surface area (Å²) in [4.78, 5) is 8.91. The van der Waals surface area contributed by atoms with Gasteiger partial charge < -0.3 is 10.2 Å². The molecule has 4 nitrogen and oxygen atoms in total. The molecular weight excluding hydrogens is 534 g/mol. The Hall–Kier alpha value is -4.60. The molecule has 6 aromatic rings. The van der Waals surface area contributed by atoms with Gasteiger partial charge in [-0.05, 0) is 47.5 Å². The topological polar surface area (TPSA) is 66.2 Å². The number of phenolic OH excluding ortho intramolecular Hbond substituents is 2. The largest absolute Gasteiger partial charge is 0.506 e. The van der Waals surface area contributed by atoms with E-state index in [0.717, 1.165) is 33.3 Å². The first-order chi connectivity index (χ1) is 18.7. The average molecular weight is 560 g/mol. The molecule has 39 heavy (non-hydrogen) atoms. The molecule has 0 fully saturated rings. The maximum Gasteiger partial charge on any atom is 0.141 e. The molecule has 0 atom stereocenters. The van der Waals surface area contributed by atoms with Crippen LogP contribution < -0.4 is 0 Å². The zero-order chi connectivity index (χ0) is 26.2. The number of hydrogen-bond acceptors (Lipinski definition) is 4. The van der Waals surface area contributed by atoms with Crippen molar-refractivity contribution in [2.24, 2.45) is 0 Å². The minimum Gasteiger partial charge on any atom is -0.506 e. The van der Waals surface area contributed by atoms with Crippen LogP contribution in [0, 0.1) is 0 Å². The van der Waals surface area contributed by atoms with Crippen molar-refractivity contribution in [2.45, 2.75) is 0 Å². The molecule has 6 rings (SSSR count). The van der Waals surface area contributed by atoms with Crippen LogP contribution in [0.5, 0.6) is 11.5 Å². The SMILES string of the molecule is Oc1cccc2ccc(/C=C/c3ccccc3)nc12.Oc1cccc2ccc(/C=C/c3ccccc3)nc12.[Zn]. The first kappa shape index (κ1) is 27.4. The molecule has 0 radical (unpaired) electrons. The molecule has 4 aromatic carbocycles. The Balaban J connectivity index is 0.000000176. The minimum absolute atomic E-state index is 0. The fourth-order valence-corrected chi connectivity index (χ4v) is 3.97. The van der Waals surface area contributed by atoms with Gasteiger partial charge in [-0.2, -0.15) is 0 Å². The summed E-state index contributed by atoms with van der Waals surface area (Å²) in [6, 6.07) is 38.8. The number of aromatic nitrogens is 2. The molecule has 0 bridgehead atoms. The van der Waals surface area contributed by atoms with E-state index in [1.54, 1.807) is 12.1 Å².